The van der Waals surface area contributed by atoms with E-state index >= 15 is 0 Å². The molecular formula is C12H17NO3. The number of unbranched alkanes of at least 4 members (excludes halogenated alkanes) is 1. The number of ether oxygens (including phenoxy) is 1. The maximum Gasteiger partial charge on any atom is 0.311 e. The van der Waals surface area contributed by atoms with Crippen molar-refractivity contribution in [1.82, 2.24) is 0 Å². The van der Waals surface area contributed by atoms with Crippen molar-refractivity contribution < 1.29 is 14.6 Å². The minimum atomic E-state index is -0.245. The van der Waals surface area contributed by atoms with Crippen molar-refractivity contribution in [1.29, 1.82) is 0 Å². The van der Waals surface area contributed by atoms with Gasteiger partial charge < -0.3 is 15.6 Å². The molecule has 0 unspecified atom stereocenters. The molecule has 0 saturated heterocycles. The summed E-state index contributed by atoms with van der Waals surface area (Å²) in [6, 6.07) is 6.80. The topological polar surface area (TPSA) is 72.6 Å². The number of hydrogen-bond donors (Lipinski definition) is 2. The molecule has 88 valence electrons. The van der Waals surface area contributed by atoms with Crippen LogP contribution in [-0.2, 0) is 11.4 Å². The van der Waals surface area contributed by atoms with Gasteiger partial charge in [0.15, 0.2) is 0 Å². The van der Waals surface area contributed by atoms with Crippen LogP contribution >= 0.6 is 0 Å². The summed E-state index contributed by atoms with van der Waals surface area (Å²) in [5, 5.41) is 8.83. The molecule has 0 aromatic heterocycles. The first kappa shape index (κ1) is 12.7. The molecule has 4 heteroatoms. The van der Waals surface area contributed by atoms with Crippen LogP contribution in [0.25, 0.3) is 0 Å². The fourth-order valence-corrected chi connectivity index (χ4v) is 1.26. The van der Waals surface area contributed by atoms with Gasteiger partial charge in [-0.05, 0) is 37.1 Å². The lowest BCUT2D eigenvalue weighted by Gasteiger charge is -2.04. The van der Waals surface area contributed by atoms with Gasteiger partial charge in [-0.15, -0.1) is 0 Å². The van der Waals surface area contributed by atoms with Gasteiger partial charge in [-0.25, -0.2) is 0 Å². The lowest BCUT2D eigenvalue weighted by Crippen LogP contribution is -2.08. The maximum absolute atomic E-state index is 11.3. The van der Waals surface area contributed by atoms with E-state index in [1.165, 1.54) is 0 Å². The van der Waals surface area contributed by atoms with Gasteiger partial charge in [0.1, 0.15) is 5.75 Å². The third-order valence-electron chi connectivity index (χ3n) is 2.17. The molecule has 0 fully saturated rings. The lowest BCUT2D eigenvalue weighted by atomic mass is 10.2. The zero-order chi connectivity index (χ0) is 11.8. The number of rotatable bonds is 6. The van der Waals surface area contributed by atoms with E-state index in [4.69, 9.17) is 15.6 Å². The standard InChI is InChI=1S/C12H17NO3/c13-8-2-1-3-12(15)16-11-6-4-10(9-14)5-7-11/h4-7,14H,1-3,8-9,13H2. The zero-order valence-electron chi connectivity index (χ0n) is 9.19. The van der Waals surface area contributed by atoms with Crippen molar-refractivity contribution in [3.63, 3.8) is 0 Å². The number of esters is 1. The number of aliphatic hydroxyl groups excluding tert-OH is 1. The largest absolute Gasteiger partial charge is 0.427 e. The molecule has 1 aromatic rings. The Bertz CT molecular complexity index is 322. The molecule has 0 spiro atoms. The van der Waals surface area contributed by atoms with E-state index in [1.807, 2.05) is 0 Å². The van der Waals surface area contributed by atoms with Crippen molar-refractivity contribution in [2.24, 2.45) is 5.73 Å². The van der Waals surface area contributed by atoms with Crippen LogP contribution in [0.3, 0.4) is 0 Å². The predicted molar refractivity (Wildman–Crippen MR) is 60.9 cm³/mol. The zero-order valence-corrected chi connectivity index (χ0v) is 9.19. The Balaban J connectivity index is 2.37. The molecule has 0 bridgehead atoms. The summed E-state index contributed by atoms with van der Waals surface area (Å²) in [6.07, 6.45) is 1.97. The fraction of sp³-hybridized carbons (Fsp3) is 0.417. The highest BCUT2D eigenvalue weighted by Crippen LogP contribution is 2.13. The summed E-state index contributed by atoms with van der Waals surface area (Å²) in [5.41, 5.74) is 6.12. The molecule has 3 N–H and O–H groups in total. The van der Waals surface area contributed by atoms with Crippen LogP contribution in [0.15, 0.2) is 24.3 Å². The minimum Gasteiger partial charge on any atom is -0.427 e. The summed E-state index contributed by atoms with van der Waals surface area (Å²) in [4.78, 5) is 11.3. The van der Waals surface area contributed by atoms with E-state index < -0.39 is 0 Å². The molecule has 0 heterocycles. The Labute approximate surface area is 95.0 Å². The third kappa shape index (κ3) is 4.42. The summed E-state index contributed by atoms with van der Waals surface area (Å²) >= 11 is 0. The second kappa shape index (κ2) is 6.98. The maximum atomic E-state index is 11.3. The third-order valence-corrected chi connectivity index (χ3v) is 2.17. The normalized spacial score (nSPS) is 10.1. The number of aliphatic hydroxyl groups is 1. The molecule has 1 rings (SSSR count). The van der Waals surface area contributed by atoms with Crippen molar-refractivity contribution >= 4 is 5.97 Å². The molecule has 0 amide bonds. The molecule has 1 aromatic carbocycles. The number of benzene rings is 1. The van der Waals surface area contributed by atoms with Crippen LogP contribution in [-0.4, -0.2) is 17.6 Å². The Morgan fingerprint density at radius 2 is 1.94 bits per heavy atom. The highest BCUT2D eigenvalue weighted by atomic mass is 16.5. The van der Waals surface area contributed by atoms with E-state index in [2.05, 4.69) is 0 Å². The van der Waals surface area contributed by atoms with Gasteiger partial charge >= 0.3 is 5.97 Å². The van der Waals surface area contributed by atoms with Crippen LogP contribution in [0, 0.1) is 0 Å². The molecule has 4 nitrogen and oxygen atoms in total. The quantitative estimate of drug-likeness (QED) is 0.432. The van der Waals surface area contributed by atoms with Crippen molar-refractivity contribution in [3.8, 4) is 5.75 Å². The molecule has 0 radical (unpaired) electrons. The Morgan fingerprint density at radius 1 is 1.25 bits per heavy atom. The summed E-state index contributed by atoms with van der Waals surface area (Å²) < 4.78 is 5.10. The predicted octanol–water partition coefficient (Wildman–Crippen LogP) is 1.21. The highest BCUT2D eigenvalue weighted by Gasteiger charge is 2.04. The number of nitrogens with two attached hydrogens (primary N) is 1. The number of hydrogen-bond acceptors (Lipinski definition) is 4. The van der Waals surface area contributed by atoms with E-state index in [9.17, 15) is 4.79 Å². The Morgan fingerprint density at radius 3 is 2.50 bits per heavy atom. The van der Waals surface area contributed by atoms with Crippen LogP contribution < -0.4 is 10.5 Å². The van der Waals surface area contributed by atoms with Gasteiger partial charge in [0.2, 0.25) is 0 Å². The first-order valence-corrected chi connectivity index (χ1v) is 5.37. The van der Waals surface area contributed by atoms with Crippen LogP contribution in [0.2, 0.25) is 0 Å². The van der Waals surface area contributed by atoms with Crippen molar-refractivity contribution in [2.75, 3.05) is 6.54 Å². The van der Waals surface area contributed by atoms with E-state index in [1.54, 1.807) is 24.3 Å². The first-order chi connectivity index (χ1) is 7.76. The second-order valence-corrected chi connectivity index (χ2v) is 3.52. The molecule has 16 heavy (non-hydrogen) atoms. The number of carbonyl (C=O) groups is 1. The van der Waals surface area contributed by atoms with E-state index in [0.717, 1.165) is 18.4 Å². The molecule has 0 atom stereocenters. The van der Waals surface area contributed by atoms with Crippen molar-refractivity contribution in [3.05, 3.63) is 29.8 Å². The van der Waals surface area contributed by atoms with Gasteiger partial charge in [0.05, 0.1) is 6.61 Å². The minimum absolute atomic E-state index is 0.00920. The van der Waals surface area contributed by atoms with Crippen LogP contribution in [0.5, 0.6) is 5.75 Å². The molecule has 0 saturated carbocycles. The van der Waals surface area contributed by atoms with Gasteiger partial charge in [0.25, 0.3) is 0 Å². The molecule has 0 aliphatic carbocycles. The average molecular weight is 223 g/mol. The highest BCUT2D eigenvalue weighted by molar-refractivity contribution is 5.72. The smallest absolute Gasteiger partial charge is 0.311 e. The fourth-order valence-electron chi connectivity index (χ4n) is 1.26. The van der Waals surface area contributed by atoms with Gasteiger partial charge in [-0.1, -0.05) is 12.1 Å². The van der Waals surface area contributed by atoms with E-state index in [0.29, 0.717) is 18.7 Å². The van der Waals surface area contributed by atoms with Gasteiger partial charge in [-0.3, -0.25) is 4.79 Å². The van der Waals surface area contributed by atoms with Gasteiger partial charge in [0, 0.05) is 6.42 Å². The van der Waals surface area contributed by atoms with Crippen LogP contribution in [0.4, 0.5) is 0 Å². The monoisotopic (exact) mass is 223 g/mol. The molecule has 0 aliphatic rings. The molecular weight excluding hydrogens is 206 g/mol. The lowest BCUT2D eigenvalue weighted by molar-refractivity contribution is -0.134. The Kier molecular flexibility index (Phi) is 5.53. The SMILES string of the molecule is NCCCCC(=O)Oc1ccc(CO)cc1. The molecule has 0 aliphatic heterocycles. The van der Waals surface area contributed by atoms with Crippen LogP contribution in [0.1, 0.15) is 24.8 Å². The second-order valence-electron chi connectivity index (χ2n) is 3.52. The summed E-state index contributed by atoms with van der Waals surface area (Å²) in [7, 11) is 0. The number of carbonyl (C=O) groups excluding carboxylic acids is 1. The van der Waals surface area contributed by atoms with Crippen molar-refractivity contribution in [2.45, 2.75) is 25.9 Å². The van der Waals surface area contributed by atoms with Gasteiger partial charge in [-0.2, -0.15) is 0 Å². The Hall–Kier alpha value is -1.39. The van der Waals surface area contributed by atoms with E-state index in [-0.39, 0.29) is 12.6 Å². The summed E-state index contributed by atoms with van der Waals surface area (Å²) in [6.45, 7) is 0.587. The first-order valence-electron chi connectivity index (χ1n) is 5.37. The average Bonchev–Trinajstić information content (AvgIpc) is 2.30. The summed E-state index contributed by atoms with van der Waals surface area (Å²) in [5.74, 6) is 0.264.